The van der Waals surface area contributed by atoms with Gasteiger partial charge in [0.15, 0.2) is 0 Å². The van der Waals surface area contributed by atoms with Crippen LogP contribution in [0.5, 0.6) is 0 Å². The molecule has 2 unspecified atom stereocenters. The van der Waals surface area contributed by atoms with Crippen molar-refractivity contribution in [2.75, 3.05) is 0 Å². The summed E-state index contributed by atoms with van der Waals surface area (Å²) >= 11 is 3.55. The van der Waals surface area contributed by atoms with Gasteiger partial charge in [-0.2, -0.15) is 0 Å². The van der Waals surface area contributed by atoms with Crippen molar-refractivity contribution in [3.63, 3.8) is 0 Å². The molecular weight excluding hydrogens is 286 g/mol. The van der Waals surface area contributed by atoms with Gasteiger partial charge in [0.05, 0.1) is 0 Å². The Morgan fingerprint density at radius 1 is 1.39 bits per heavy atom. The number of benzene rings is 1. The van der Waals surface area contributed by atoms with Crippen molar-refractivity contribution in [3.05, 3.63) is 34.3 Å². The molecule has 2 heteroatoms. The fourth-order valence-electron chi connectivity index (χ4n) is 3.07. The van der Waals surface area contributed by atoms with E-state index in [1.54, 1.807) is 0 Å². The molecule has 0 aromatic heterocycles. The largest absolute Gasteiger partial charge is 0.307 e. The summed E-state index contributed by atoms with van der Waals surface area (Å²) in [5.41, 5.74) is 1.88. The lowest BCUT2D eigenvalue weighted by Crippen LogP contribution is -2.38. The maximum absolute atomic E-state index is 3.80. The van der Waals surface area contributed by atoms with Gasteiger partial charge in [-0.05, 0) is 49.3 Å². The molecule has 1 aliphatic carbocycles. The molecule has 0 bridgehead atoms. The van der Waals surface area contributed by atoms with Gasteiger partial charge in [0.1, 0.15) is 0 Å². The zero-order valence-electron chi connectivity index (χ0n) is 11.7. The highest BCUT2D eigenvalue weighted by Crippen LogP contribution is 2.36. The summed E-state index contributed by atoms with van der Waals surface area (Å²) in [4.78, 5) is 0. The zero-order chi connectivity index (χ0) is 13.2. The lowest BCUT2D eigenvalue weighted by molar-refractivity contribution is 0.191. The Bertz CT molecular complexity index is 400. The van der Waals surface area contributed by atoms with Gasteiger partial charge in [0.2, 0.25) is 0 Å². The van der Waals surface area contributed by atoms with Crippen molar-refractivity contribution in [3.8, 4) is 0 Å². The second-order valence-electron chi connectivity index (χ2n) is 6.40. The molecule has 0 amide bonds. The van der Waals surface area contributed by atoms with E-state index in [-0.39, 0.29) is 0 Å². The van der Waals surface area contributed by atoms with Gasteiger partial charge in [0.25, 0.3) is 0 Å². The molecule has 2 atom stereocenters. The van der Waals surface area contributed by atoms with Gasteiger partial charge in [-0.1, -0.05) is 48.3 Å². The molecule has 18 heavy (non-hydrogen) atoms. The second-order valence-corrected chi connectivity index (χ2v) is 7.32. The SMILES string of the molecule is CC(NC1CCCC(C)(C)C1)c1cccc(Br)c1. The van der Waals surface area contributed by atoms with Crippen molar-refractivity contribution in [2.45, 2.75) is 58.5 Å². The van der Waals surface area contributed by atoms with E-state index in [1.807, 2.05) is 0 Å². The van der Waals surface area contributed by atoms with Crippen LogP contribution in [-0.4, -0.2) is 6.04 Å². The van der Waals surface area contributed by atoms with Gasteiger partial charge < -0.3 is 5.32 Å². The van der Waals surface area contributed by atoms with Gasteiger partial charge in [0, 0.05) is 16.6 Å². The summed E-state index contributed by atoms with van der Waals surface area (Å²) in [7, 11) is 0. The van der Waals surface area contributed by atoms with Gasteiger partial charge in [-0.3, -0.25) is 0 Å². The van der Waals surface area contributed by atoms with Crippen LogP contribution >= 0.6 is 15.9 Å². The van der Waals surface area contributed by atoms with Crippen molar-refractivity contribution >= 4 is 15.9 Å². The average molecular weight is 310 g/mol. The summed E-state index contributed by atoms with van der Waals surface area (Å²) in [5, 5.41) is 3.80. The minimum Gasteiger partial charge on any atom is -0.307 e. The third kappa shape index (κ3) is 3.83. The average Bonchev–Trinajstić information content (AvgIpc) is 2.27. The second kappa shape index (κ2) is 5.75. The molecule has 0 heterocycles. The van der Waals surface area contributed by atoms with Crippen LogP contribution in [0.25, 0.3) is 0 Å². The monoisotopic (exact) mass is 309 g/mol. The molecule has 1 saturated carbocycles. The number of hydrogen-bond donors (Lipinski definition) is 1. The first kappa shape index (κ1) is 14.1. The zero-order valence-corrected chi connectivity index (χ0v) is 13.3. The normalized spacial score (nSPS) is 24.8. The smallest absolute Gasteiger partial charge is 0.0294 e. The van der Waals surface area contributed by atoms with Gasteiger partial charge >= 0.3 is 0 Å². The predicted molar refractivity (Wildman–Crippen MR) is 81.7 cm³/mol. The maximum Gasteiger partial charge on any atom is 0.0294 e. The van der Waals surface area contributed by atoms with Crippen LogP contribution in [0.15, 0.2) is 28.7 Å². The number of rotatable bonds is 3. The van der Waals surface area contributed by atoms with E-state index >= 15 is 0 Å². The highest BCUT2D eigenvalue weighted by atomic mass is 79.9. The molecule has 100 valence electrons. The van der Waals surface area contributed by atoms with Crippen LogP contribution in [0.4, 0.5) is 0 Å². The molecule has 1 fully saturated rings. The summed E-state index contributed by atoms with van der Waals surface area (Å²) in [5.74, 6) is 0. The Morgan fingerprint density at radius 2 is 2.17 bits per heavy atom. The van der Waals surface area contributed by atoms with Crippen molar-refractivity contribution in [1.82, 2.24) is 5.32 Å². The summed E-state index contributed by atoms with van der Waals surface area (Å²) in [6.45, 7) is 7.05. The molecule has 1 aromatic rings. The molecule has 1 aliphatic rings. The fourth-order valence-corrected chi connectivity index (χ4v) is 3.48. The third-order valence-corrected chi connectivity index (χ3v) is 4.53. The lowest BCUT2D eigenvalue weighted by Gasteiger charge is -2.37. The van der Waals surface area contributed by atoms with Crippen LogP contribution in [-0.2, 0) is 0 Å². The van der Waals surface area contributed by atoms with Crippen LogP contribution in [0.3, 0.4) is 0 Å². The highest BCUT2D eigenvalue weighted by Gasteiger charge is 2.28. The van der Waals surface area contributed by atoms with E-state index in [4.69, 9.17) is 0 Å². The Kier molecular flexibility index (Phi) is 4.50. The van der Waals surface area contributed by atoms with Crippen molar-refractivity contribution in [2.24, 2.45) is 5.41 Å². The molecule has 1 aromatic carbocycles. The topological polar surface area (TPSA) is 12.0 Å². The van der Waals surface area contributed by atoms with E-state index in [2.05, 4.69) is 66.3 Å². The first-order valence-electron chi connectivity index (χ1n) is 6.98. The Morgan fingerprint density at radius 3 is 2.83 bits per heavy atom. The number of hydrogen-bond acceptors (Lipinski definition) is 1. The number of halogens is 1. The predicted octanol–water partition coefficient (Wildman–Crippen LogP) is 5.07. The maximum atomic E-state index is 3.80. The third-order valence-electron chi connectivity index (χ3n) is 4.04. The minimum atomic E-state index is 0.432. The van der Waals surface area contributed by atoms with Gasteiger partial charge in [-0.15, -0.1) is 0 Å². The molecule has 0 radical (unpaired) electrons. The first-order chi connectivity index (χ1) is 8.46. The Hall–Kier alpha value is -0.340. The molecule has 1 N–H and O–H groups in total. The van der Waals surface area contributed by atoms with Crippen molar-refractivity contribution in [1.29, 1.82) is 0 Å². The minimum absolute atomic E-state index is 0.432. The highest BCUT2D eigenvalue weighted by molar-refractivity contribution is 9.10. The Labute approximate surface area is 119 Å². The molecule has 0 spiro atoms. The molecule has 0 saturated heterocycles. The fraction of sp³-hybridized carbons (Fsp3) is 0.625. The summed E-state index contributed by atoms with van der Waals surface area (Å²) in [6.07, 6.45) is 5.35. The van der Waals surface area contributed by atoms with Crippen LogP contribution < -0.4 is 5.32 Å². The van der Waals surface area contributed by atoms with E-state index in [0.717, 1.165) is 4.47 Å². The van der Waals surface area contributed by atoms with Crippen LogP contribution in [0.2, 0.25) is 0 Å². The van der Waals surface area contributed by atoms with E-state index in [0.29, 0.717) is 17.5 Å². The molecule has 1 nitrogen and oxygen atoms in total. The first-order valence-corrected chi connectivity index (χ1v) is 7.77. The molecule has 0 aliphatic heterocycles. The summed E-state index contributed by atoms with van der Waals surface area (Å²) < 4.78 is 1.16. The standard InChI is InChI=1S/C16H24BrN/c1-12(13-6-4-7-14(17)10-13)18-15-8-5-9-16(2,3)11-15/h4,6-7,10,12,15,18H,5,8-9,11H2,1-3H3. The van der Waals surface area contributed by atoms with E-state index < -0.39 is 0 Å². The quantitative estimate of drug-likeness (QED) is 0.822. The Balaban J connectivity index is 1.97. The summed E-state index contributed by atoms with van der Waals surface area (Å²) in [6, 6.07) is 9.72. The van der Waals surface area contributed by atoms with Crippen molar-refractivity contribution < 1.29 is 0 Å². The van der Waals surface area contributed by atoms with Gasteiger partial charge in [-0.25, -0.2) is 0 Å². The van der Waals surface area contributed by atoms with Crippen LogP contribution in [0.1, 0.15) is 58.1 Å². The lowest BCUT2D eigenvalue weighted by atomic mass is 9.75. The molecule has 2 rings (SSSR count). The van der Waals surface area contributed by atoms with E-state index in [1.165, 1.54) is 31.2 Å². The molecular formula is C16H24BrN. The van der Waals surface area contributed by atoms with E-state index in [9.17, 15) is 0 Å². The van der Waals surface area contributed by atoms with Crippen LogP contribution in [0, 0.1) is 5.41 Å². The number of nitrogens with one attached hydrogen (secondary N) is 1.